The smallest absolute Gasteiger partial charge is 0.331 e. The highest BCUT2D eigenvalue weighted by Gasteiger charge is 2.27. The van der Waals surface area contributed by atoms with Crippen LogP contribution in [-0.2, 0) is 9.53 Å². The fourth-order valence-electron chi connectivity index (χ4n) is 1.48. The molecule has 2 rings (SSSR count). The van der Waals surface area contributed by atoms with Gasteiger partial charge in [-0.3, -0.25) is 4.99 Å². The Hall–Kier alpha value is -1.69. The molecular weight excluding hydrogens is 242 g/mol. The molecule has 0 aliphatic carbocycles. The molecule has 1 atom stereocenters. The van der Waals surface area contributed by atoms with E-state index in [0.717, 1.165) is 0 Å². The Morgan fingerprint density at radius 2 is 2.29 bits per heavy atom. The number of thioether (sulfide) groups is 1. The molecule has 1 aliphatic heterocycles. The van der Waals surface area contributed by atoms with Crippen molar-refractivity contribution in [2.24, 2.45) is 4.99 Å². The number of phenols is 2. The summed E-state index contributed by atoms with van der Waals surface area (Å²) in [5.74, 6) is 0.0504. The second-order valence-corrected chi connectivity index (χ2v) is 4.49. The molecule has 0 aromatic heterocycles. The lowest BCUT2D eigenvalue weighted by atomic mass is 10.2. The largest absolute Gasteiger partial charge is 0.508 e. The normalized spacial score (nSPS) is 18.9. The number of carbonyl (C=O) groups excluding carboxylic acids is 1. The number of benzene rings is 1. The van der Waals surface area contributed by atoms with Gasteiger partial charge in [0.2, 0.25) is 0 Å². The lowest BCUT2D eigenvalue weighted by molar-refractivity contribution is -0.141. The van der Waals surface area contributed by atoms with Gasteiger partial charge in [0, 0.05) is 17.4 Å². The van der Waals surface area contributed by atoms with Gasteiger partial charge in [0.1, 0.15) is 16.5 Å². The molecule has 0 spiro atoms. The minimum Gasteiger partial charge on any atom is -0.508 e. The quantitative estimate of drug-likeness (QED) is 0.772. The van der Waals surface area contributed by atoms with Crippen LogP contribution in [0.1, 0.15) is 5.56 Å². The van der Waals surface area contributed by atoms with Crippen LogP contribution in [0.15, 0.2) is 23.2 Å². The van der Waals surface area contributed by atoms with Crippen molar-refractivity contribution in [3.8, 4) is 11.5 Å². The number of esters is 1. The van der Waals surface area contributed by atoms with Crippen LogP contribution in [0.25, 0.3) is 0 Å². The minimum absolute atomic E-state index is 0.0145. The molecule has 0 saturated carbocycles. The molecule has 0 amide bonds. The van der Waals surface area contributed by atoms with E-state index in [-0.39, 0.29) is 17.5 Å². The van der Waals surface area contributed by atoms with Gasteiger partial charge in [-0.2, -0.15) is 0 Å². The number of hydrogen-bond donors (Lipinski definition) is 2. The molecule has 1 aromatic rings. The van der Waals surface area contributed by atoms with Gasteiger partial charge in [-0.1, -0.05) is 0 Å². The highest BCUT2D eigenvalue weighted by atomic mass is 32.2. The van der Waals surface area contributed by atoms with Crippen molar-refractivity contribution in [2.45, 2.75) is 6.04 Å². The van der Waals surface area contributed by atoms with Gasteiger partial charge in [0.15, 0.2) is 6.04 Å². The molecule has 0 bridgehead atoms. The second-order valence-electron chi connectivity index (χ2n) is 3.49. The third-order valence-electron chi connectivity index (χ3n) is 2.34. The molecule has 0 saturated heterocycles. The number of methoxy groups -OCH3 is 1. The highest BCUT2D eigenvalue weighted by Crippen LogP contribution is 2.31. The standard InChI is InChI=1S/C11H11NO4S/c1-16-11(15)8-5-17-10(12-8)7-3-2-6(13)4-9(7)14/h2-4,8,13-14H,5H2,1H3. The zero-order valence-electron chi connectivity index (χ0n) is 9.08. The highest BCUT2D eigenvalue weighted by molar-refractivity contribution is 8.14. The van der Waals surface area contributed by atoms with Gasteiger partial charge in [-0.05, 0) is 12.1 Å². The molecule has 1 heterocycles. The van der Waals surface area contributed by atoms with Crippen LogP contribution < -0.4 is 0 Å². The van der Waals surface area contributed by atoms with Gasteiger partial charge in [-0.25, -0.2) is 4.79 Å². The van der Waals surface area contributed by atoms with Gasteiger partial charge < -0.3 is 14.9 Å². The first-order chi connectivity index (χ1) is 8.11. The summed E-state index contributed by atoms with van der Waals surface area (Å²) in [5, 5.41) is 19.4. The summed E-state index contributed by atoms with van der Waals surface area (Å²) in [6, 6.07) is 3.75. The van der Waals surface area contributed by atoms with Crippen LogP contribution in [0, 0.1) is 0 Å². The van der Waals surface area contributed by atoms with E-state index in [2.05, 4.69) is 9.73 Å². The first-order valence-corrected chi connectivity index (χ1v) is 5.91. The van der Waals surface area contributed by atoms with Crippen LogP contribution in [0.2, 0.25) is 0 Å². The Morgan fingerprint density at radius 1 is 1.53 bits per heavy atom. The molecule has 6 heteroatoms. The van der Waals surface area contributed by atoms with Gasteiger partial charge >= 0.3 is 5.97 Å². The van der Waals surface area contributed by atoms with Crippen molar-refractivity contribution >= 4 is 22.8 Å². The summed E-state index contributed by atoms with van der Waals surface area (Å²) in [4.78, 5) is 15.5. The summed E-state index contributed by atoms with van der Waals surface area (Å²) >= 11 is 1.37. The van der Waals surface area contributed by atoms with E-state index in [9.17, 15) is 15.0 Å². The molecule has 0 fully saturated rings. The zero-order valence-corrected chi connectivity index (χ0v) is 9.90. The van der Waals surface area contributed by atoms with E-state index < -0.39 is 6.04 Å². The van der Waals surface area contributed by atoms with E-state index >= 15 is 0 Å². The predicted octanol–water partition coefficient (Wildman–Crippen LogP) is 1.13. The van der Waals surface area contributed by atoms with E-state index in [1.54, 1.807) is 6.07 Å². The average molecular weight is 253 g/mol. The Bertz CT molecular complexity index is 486. The van der Waals surface area contributed by atoms with Crippen LogP contribution in [0.3, 0.4) is 0 Å². The van der Waals surface area contributed by atoms with E-state index in [4.69, 9.17) is 0 Å². The molecule has 17 heavy (non-hydrogen) atoms. The number of ether oxygens (including phenoxy) is 1. The number of rotatable bonds is 2. The molecule has 1 aliphatic rings. The molecule has 2 N–H and O–H groups in total. The summed E-state index contributed by atoms with van der Waals surface area (Å²) in [6.07, 6.45) is 0. The fraction of sp³-hybridized carbons (Fsp3) is 0.273. The van der Waals surface area contributed by atoms with Gasteiger partial charge in [0.25, 0.3) is 0 Å². The van der Waals surface area contributed by atoms with Crippen LogP contribution >= 0.6 is 11.8 Å². The monoisotopic (exact) mass is 253 g/mol. The van der Waals surface area contributed by atoms with Crippen molar-refractivity contribution in [1.82, 2.24) is 0 Å². The zero-order chi connectivity index (χ0) is 12.4. The average Bonchev–Trinajstić information content (AvgIpc) is 2.77. The summed E-state index contributed by atoms with van der Waals surface area (Å²) in [7, 11) is 1.32. The van der Waals surface area contributed by atoms with Crippen LogP contribution in [-0.4, -0.2) is 40.1 Å². The third kappa shape index (κ3) is 2.36. The molecule has 90 valence electrons. The minimum atomic E-state index is -0.520. The Kier molecular flexibility index (Phi) is 3.23. The summed E-state index contributed by atoms with van der Waals surface area (Å²) in [6.45, 7) is 0. The van der Waals surface area contributed by atoms with Crippen LogP contribution in [0.5, 0.6) is 11.5 Å². The first-order valence-electron chi connectivity index (χ1n) is 4.92. The molecule has 1 aromatic carbocycles. The van der Waals surface area contributed by atoms with Crippen LogP contribution in [0.4, 0.5) is 0 Å². The molecular formula is C11H11NO4S. The second kappa shape index (κ2) is 4.67. The third-order valence-corrected chi connectivity index (χ3v) is 3.42. The number of aliphatic imine (C=N–C) groups is 1. The molecule has 1 unspecified atom stereocenters. The summed E-state index contributed by atoms with van der Waals surface area (Å²) < 4.78 is 4.61. The SMILES string of the molecule is COC(=O)C1CSC(c2ccc(O)cc2O)=N1. The summed E-state index contributed by atoms with van der Waals surface area (Å²) in [5.41, 5.74) is 0.513. The number of aromatic hydroxyl groups is 2. The lowest BCUT2D eigenvalue weighted by Crippen LogP contribution is -2.19. The number of hydrogen-bond acceptors (Lipinski definition) is 6. The number of phenolic OH excluding ortho intramolecular Hbond substituents is 2. The van der Waals surface area contributed by atoms with Gasteiger partial charge in [-0.15, -0.1) is 11.8 Å². The van der Waals surface area contributed by atoms with E-state index in [1.807, 2.05) is 0 Å². The molecule has 5 nitrogen and oxygen atoms in total. The van der Waals surface area contributed by atoms with Crippen molar-refractivity contribution in [3.63, 3.8) is 0 Å². The van der Waals surface area contributed by atoms with Crippen molar-refractivity contribution in [2.75, 3.05) is 12.9 Å². The Balaban J connectivity index is 2.27. The number of nitrogens with zero attached hydrogens (tertiary/aromatic N) is 1. The van der Waals surface area contributed by atoms with Crippen molar-refractivity contribution < 1.29 is 19.7 Å². The topological polar surface area (TPSA) is 79.1 Å². The Morgan fingerprint density at radius 3 is 2.94 bits per heavy atom. The predicted molar refractivity (Wildman–Crippen MR) is 64.6 cm³/mol. The van der Waals surface area contributed by atoms with E-state index in [1.165, 1.54) is 31.0 Å². The maximum absolute atomic E-state index is 11.3. The molecule has 0 radical (unpaired) electrons. The number of carbonyl (C=O) groups is 1. The van der Waals surface area contributed by atoms with E-state index in [0.29, 0.717) is 16.4 Å². The maximum atomic E-state index is 11.3. The van der Waals surface area contributed by atoms with Gasteiger partial charge in [0.05, 0.1) is 7.11 Å². The first kappa shape index (κ1) is 11.8. The lowest BCUT2D eigenvalue weighted by Gasteiger charge is -2.03. The Labute approximate surface area is 102 Å². The van der Waals surface area contributed by atoms with Crippen molar-refractivity contribution in [1.29, 1.82) is 0 Å². The maximum Gasteiger partial charge on any atom is 0.331 e. The fourth-order valence-corrected chi connectivity index (χ4v) is 2.54. The van der Waals surface area contributed by atoms with Crippen molar-refractivity contribution in [3.05, 3.63) is 23.8 Å².